The number of aliphatic hydroxyl groups excluding tert-OH is 1. The van der Waals surface area contributed by atoms with Crippen molar-refractivity contribution in [3.63, 3.8) is 0 Å². The van der Waals surface area contributed by atoms with Gasteiger partial charge >= 0.3 is 0 Å². The van der Waals surface area contributed by atoms with Crippen LogP contribution in [-0.4, -0.2) is 23.7 Å². The average molecular weight is 244 g/mol. The molecule has 0 amide bonds. The molecule has 0 saturated carbocycles. The van der Waals surface area contributed by atoms with Gasteiger partial charge in [-0.1, -0.05) is 43.7 Å². The van der Waals surface area contributed by atoms with Crippen LogP contribution in [0.25, 0.3) is 0 Å². The third-order valence-corrected chi connectivity index (χ3v) is 2.53. The second kappa shape index (κ2) is 6.67. The monoisotopic (exact) mass is 244 g/mol. The zero-order chi connectivity index (χ0) is 12.7. The summed E-state index contributed by atoms with van der Waals surface area (Å²) in [5.41, 5.74) is 0.849. The predicted octanol–water partition coefficient (Wildman–Crippen LogP) is 3.00. The van der Waals surface area contributed by atoms with Crippen molar-refractivity contribution in [2.45, 2.75) is 38.4 Å². The number of alkyl halides is 2. The molecule has 4 heteroatoms. The van der Waals surface area contributed by atoms with Gasteiger partial charge in [-0.3, -0.25) is 0 Å². The van der Waals surface area contributed by atoms with Crippen LogP contribution in [0.2, 0.25) is 0 Å². The molecule has 0 fully saturated rings. The first kappa shape index (κ1) is 14.1. The molecule has 0 radical (unpaired) electrons. The maximum Gasteiger partial charge on any atom is 0.296 e. The summed E-state index contributed by atoms with van der Waals surface area (Å²) in [4.78, 5) is 0. The van der Waals surface area contributed by atoms with E-state index in [1.807, 2.05) is 37.3 Å². The third kappa shape index (κ3) is 4.40. The van der Waals surface area contributed by atoms with Crippen LogP contribution in [0.5, 0.6) is 0 Å². The SMILES string of the molecule is CCCC(OCc1ccccc1)C(F)(F)CO. The lowest BCUT2D eigenvalue weighted by molar-refractivity contribution is -0.166. The number of aliphatic hydroxyl groups is 1. The first-order chi connectivity index (χ1) is 8.10. The number of rotatable bonds is 7. The quantitative estimate of drug-likeness (QED) is 0.799. The largest absolute Gasteiger partial charge is 0.390 e. The molecule has 1 unspecified atom stereocenters. The Morgan fingerprint density at radius 3 is 2.47 bits per heavy atom. The Kier molecular flexibility index (Phi) is 5.51. The highest BCUT2D eigenvalue weighted by Gasteiger charge is 2.39. The first-order valence-electron chi connectivity index (χ1n) is 5.74. The fourth-order valence-corrected chi connectivity index (χ4v) is 1.55. The molecule has 1 aromatic rings. The summed E-state index contributed by atoms with van der Waals surface area (Å²) < 4.78 is 31.9. The number of hydrogen-bond donors (Lipinski definition) is 1. The molecule has 0 spiro atoms. The number of benzene rings is 1. The van der Waals surface area contributed by atoms with Crippen LogP contribution in [0.4, 0.5) is 8.78 Å². The van der Waals surface area contributed by atoms with Gasteiger partial charge in [0.05, 0.1) is 6.61 Å². The maximum atomic E-state index is 13.3. The molecule has 0 aliphatic carbocycles. The van der Waals surface area contributed by atoms with Crippen molar-refractivity contribution in [3.05, 3.63) is 35.9 Å². The molecule has 0 aliphatic heterocycles. The molecule has 0 aromatic heterocycles. The van der Waals surface area contributed by atoms with E-state index in [4.69, 9.17) is 9.84 Å². The summed E-state index contributed by atoms with van der Waals surface area (Å²) in [6.45, 7) is 0.778. The Morgan fingerprint density at radius 1 is 1.29 bits per heavy atom. The van der Waals surface area contributed by atoms with Crippen LogP contribution in [0.3, 0.4) is 0 Å². The lowest BCUT2D eigenvalue weighted by Gasteiger charge is -2.25. The highest BCUT2D eigenvalue weighted by atomic mass is 19.3. The van der Waals surface area contributed by atoms with E-state index in [9.17, 15) is 8.78 Å². The van der Waals surface area contributed by atoms with Gasteiger partial charge < -0.3 is 9.84 Å². The van der Waals surface area contributed by atoms with Crippen molar-refractivity contribution in [2.75, 3.05) is 6.61 Å². The topological polar surface area (TPSA) is 29.5 Å². The summed E-state index contributed by atoms with van der Waals surface area (Å²) >= 11 is 0. The lowest BCUT2D eigenvalue weighted by atomic mass is 10.1. The molecule has 0 saturated heterocycles. The Hall–Kier alpha value is -1.00. The second-order valence-corrected chi connectivity index (χ2v) is 3.99. The zero-order valence-electron chi connectivity index (χ0n) is 9.90. The Bertz CT molecular complexity index is 314. The molecule has 2 nitrogen and oxygen atoms in total. The average Bonchev–Trinajstić information content (AvgIpc) is 2.35. The van der Waals surface area contributed by atoms with Crippen molar-refractivity contribution in [3.8, 4) is 0 Å². The molecule has 1 aromatic carbocycles. The predicted molar refractivity (Wildman–Crippen MR) is 62.0 cm³/mol. The van der Waals surface area contributed by atoms with Gasteiger partial charge in [0, 0.05) is 0 Å². The minimum absolute atomic E-state index is 0.140. The second-order valence-electron chi connectivity index (χ2n) is 3.99. The highest BCUT2D eigenvalue weighted by molar-refractivity contribution is 5.13. The van der Waals surface area contributed by atoms with Crippen molar-refractivity contribution in [1.29, 1.82) is 0 Å². The van der Waals surface area contributed by atoms with Gasteiger partial charge in [-0.05, 0) is 12.0 Å². The van der Waals surface area contributed by atoms with E-state index in [0.717, 1.165) is 5.56 Å². The summed E-state index contributed by atoms with van der Waals surface area (Å²) in [5, 5.41) is 8.66. The Morgan fingerprint density at radius 2 is 1.94 bits per heavy atom. The fraction of sp³-hybridized carbons (Fsp3) is 0.538. The van der Waals surface area contributed by atoms with E-state index in [0.29, 0.717) is 6.42 Å². The lowest BCUT2D eigenvalue weighted by Crippen LogP contribution is -2.39. The van der Waals surface area contributed by atoms with Gasteiger partial charge in [0.25, 0.3) is 5.92 Å². The molecule has 1 atom stereocenters. The summed E-state index contributed by atoms with van der Waals surface area (Å²) in [7, 11) is 0. The minimum Gasteiger partial charge on any atom is -0.390 e. The van der Waals surface area contributed by atoms with E-state index in [-0.39, 0.29) is 13.0 Å². The molecule has 0 bridgehead atoms. The van der Waals surface area contributed by atoms with Crippen LogP contribution >= 0.6 is 0 Å². The molecule has 1 N–H and O–H groups in total. The van der Waals surface area contributed by atoms with Crippen molar-refractivity contribution in [1.82, 2.24) is 0 Å². The van der Waals surface area contributed by atoms with Gasteiger partial charge in [-0.2, -0.15) is 0 Å². The van der Waals surface area contributed by atoms with E-state index in [1.165, 1.54) is 0 Å². The zero-order valence-corrected chi connectivity index (χ0v) is 9.90. The van der Waals surface area contributed by atoms with Crippen molar-refractivity contribution >= 4 is 0 Å². The first-order valence-corrected chi connectivity index (χ1v) is 5.74. The van der Waals surface area contributed by atoms with E-state index >= 15 is 0 Å². The van der Waals surface area contributed by atoms with Crippen LogP contribution < -0.4 is 0 Å². The normalized spacial score (nSPS) is 13.6. The molecular weight excluding hydrogens is 226 g/mol. The van der Waals surface area contributed by atoms with Crippen LogP contribution in [0.15, 0.2) is 30.3 Å². The molecule has 1 rings (SSSR count). The molecule has 96 valence electrons. The summed E-state index contributed by atoms with van der Waals surface area (Å²) in [5.74, 6) is -3.18. The summed E-state index contributed by atoms with van der Waals surface area (Å²) in [6.07, 6.45) is -0.396. The van der Waals surface area contributed by atoms with E-state index < -0.39 is 18.6 Å². The Labute approximate surface area is 100 Å². The van der Waals surface area contributed by atoms with Crippen LogP contribution in [-0.2, 0) is 11.3 Å². The fourth-order valence-electron chi connectivity index (χ4n) is 1.55. The van der Waals surface area contributed by atoms with Gasteiger partial charge in [0.2, 0.25) is 0 Å². The van der Waals surface area contributed by atoms with Crippen LogP contribution in [0.1, 0.15) is 25.3 Å². The number of halogens is 2. The summed E-state index contributed by atoms with van der Waals surface area (Å²) in [6, 6.07) is 9.16. The van der Waals surface area contributed by atoms with Gasteiger partial charge in [-0.15, -0.1) is 0 Å². The van der Waals surface area contributed by atoms with Gasteiger partial charge in [0.1, 0.15) is 12.7 Å². The van der Waals surface area contributed by atoms with Crippen molar-refractivity contribution < 1.29 is 18.6 Å². The number of ether oxygens (including phenoxy) is 1. The van der Waals surface area contributed by atoms with Gasteiger partial charge in [0.15, 0.2) is 0 Å². The smallest absolute Gasteiger partial charge is 0.296 e. The third-order valence-electron chi connectivity index (χ3n) is 2.53. The molecule has 17 heavy (non-hydrogen) atoms. The maximum absolute atomic E-state index is 13.3. The molecular formula is C13H18F2O2. The Balaban J connectivity index is 2.56. The van der Waals surface area contributed by atoms with Crippen LogP contribution in [0, 0.1) is 0 Å². The number of hydrogen-bond acceptors (Lipinski definition) is 2. The van der Waals surface area contributed by atoms with Crippen molar-refractivity contribution in [2.24, 2.45) is 0 Å². The minimum atomic E-state index is -3.18. The van der Waals surface area contributed by atoms with Gasteiger partial charge in [-0.25, -0.2) is 8.78 Å². The van der Waals surface area contributed by atoms with E-state index in [2.05, 4.69) is 0 Å². The molecule has 0 aliphatic rings. The van der Waals surface area contributed by atoms with E-state index in [1.54, 1.807) is 0 Å². The highest BCUT2D eigenvalue weighted by Crippen LogP contribution is 2.25. The standard InChI is InChI=1S/C13H18F2O2/c1-2-6-12(13(14,15)10-16)17-9-11-7-4-3-5-8-11/h3-5,7-8,12,16H,2,6,9-10H2,1H3. The molecule has 0 heterocycles.